The van der Waals surface area contributed by atoms with E-state index in [4.69, 9.17) is 4.74 Å². The number of aromatic nitrogens is 4. The molecule has 1 aliphatic heterocycles. The predicted molar refractivity (Wildman–Crippen MR) is 96.1 cm³/mol. The van der Waals surface area contributed by atoms with E-state index in [0.717, 1.165) is 50.3 Å². The quantitative estimate of drug-likeness (QED) is 0.677. The Morgan fingerprint density at radius 1 is 1.38 bits per heavy atom. The van der Waals surface area contributed by atoms with Crippen molar-refractivity contribution in [1.29, 1.82) is 0 Å². The number of pyridine rings is 1. The molecule has 8 nitrogen and oxygen atoms in total. The molecule has 26 heavy (non-hydrogen) atoms. The minimum Gasteiger partial charge on any atom is -0.385 e. The van der Waals surface area contributed by atoms with Crippen molar-refractivity contribution >= 4 is 5.91 Å². The Hall–Kier alpha value is -2.32. The molecule has 8 heteroatoms. The van der Waals surface area contributed by atoms with Gasteiger partial charge in [0.2, 0.25) is 5.91 Å². The molecule has 3 heterocycles. The van der Waals surface area contributed by atoms with Crippen LogP contribution in [0.1, 0.15) is 36.7 Å². The van der Waals surface area contributed by atoms with Crippen molar-refractivity contribution in [2.24, 2.45) is 0 Å². The molecule has 2 aromatic rings. The molecule has 0 aliphatic carbocycles. The zero-order valence-corrected chi connectivity index (χ0v) is 15.2. The molecule has 2 aromatic heterocycles. The van der Waals surface area contributed by atoms with Crippen LogP contribution in [0.3, 0.4) is 0 Å². The van der Waals surface area contributed by atoms with Crippen LogP contribution in [0.25, 0.3) is 0 Å². The van der Waals surface area contributed by atoms with E-state index in [1.54, 1.807) is 25.8 Å². The van der Waals surface area contributed by atoms with E-state index in [1.807, 2.05) is 16.7 Å². The highest BCUT2D eigenvalue weighted by atomic mass is 16.5. The van der Waals surface area contributed by atoms with Gasteiger partial charge in [0.25, 0.3) is 0 Å². The summed E-state index contributed by atoms with van der Waals surface area (Å²) < 4.78 is 7.03. The van der Waals surface area contributed by atoms with Gasteiger partial charge in [-0.3, -0.25) is 14.7 Å². The standard InChI is InChI=1S/C18H26N6O2/c1-26-11-5-10-24-14-21-22-16(24)13-20-18(25)17(23-8-2-3-9-23)15-6-4-7-19-12-15/h4,6-7,12,14,17H,2-3,5,8-11,13H2,1H3,(H,20,25). The molecule has 1 unspecified atom stereocenters. The molecule has 1 saturated heterocycles. The van der Waals surface area contributed by atoms with Crippen LogP contribution < -0.4 is 5.32 Å². The maximum atomic E-state index is 12.9. The summed E-state index contributed by atoms with van der Waals surface area (Å²) in [6.45, 7) is 3.67. The molecule has 0 spiro atoms. The van der Waals surface area contributed by atoms with Crippen molar-refractivity contribution in [3.8, 4) is 0 Å². The Balaban J connectivity index is 1.64. The third-order valence-electron chi connectivity index (χ3n) is 4.62. The molecule has 0 aromatic carbocycles. The Labute approximate surface area is 153 Å². The number of aryl methyl sites for hydroxylation is 1. The van der Waals surface area contributed by atoms with E-state index < -0.39 is 0 Å². The molecule has 0 saturated carbocycles. The monoisotopic (exact) mass is 358 g/mol. The van der Waals surface area contributed by atoms with Crippen LogP contribution in [-0.4, -0.2) is 57.4 Å². The van der Waals surface area contributed by atoms with Crippen molar-refractivity contribution in [2.75, 3.05) is 26.8 Å². The summed E-state index contributed by atoms with van der Waals surface area (Å²) in [4.78, 5) is 19.3. The molecule has 1 atom stereocenters. The molecule has 1 amide bonds. The number of carbonyl (C=O) groups excluding carboxylic acids is 1. The van der Waals surface area contributed by atoms with Crippen LogP contribution in [0.5, 0.6) is 0 Å². The van der Waals surface area contributed by atoms with Gasteiger partial charge in [-0.15, -0.1) is 10.2 Å². The zero-order chi connectivity index (χ0) is 18.2. The largest absolute Gasteiger partial charge is 0.385 e. The number of likely N-dealkylation sites (tertiary alicyclic amines) is 1. The first-order chi connectivity index (χ1) is 12.8. The van der Waals surface area contributed by atoms with Gasteiger partial charge in [-0.1, -0.05) is 6.07 Å². The molecule has 3 rings (SSSR count). The lowest BCUT2D eigenvalue weighted by Crippen LogP contribution is -2.39. The van der Waals surface area contributed by atoms with Crippen LogP contribution in [0.15, 0.2) is 30.9 Å². The highest BCUT2D eigenvalue weighted by Crippen LogP contribution is 2.24. The van der Waals surface area contributed by atoms with Crippen molar-refractivity contribution in [3.63, 3.8) is 0 Å². The number of rotatable bonds is 9. The predicted octanol–water partition coefficient (Wildman–Crippen LogP) is 1.16. The third kappa shape index (κ3) is 4.64. The first-order valence-electron chi connectivity index (χ1n) is 9.07. The first kappa shape index (κ1) is 18.5. The van der Waals surface area contributed by atoms with Crippen LogP contribution in [0, 0.1) is 0 Å². The molecular weight excluding hydrogens is 332 g/mol. The number of nitrogens with one attached hydrogen (secondary N) is 1. The Bertz CT molecular complexity index is 684. The summed E-state index contributed by atoms with van der Waals surface area (Å²) in [5, 5.41) is 11.1. The van der Waals surface area contributed by atoms with Crippen LogP contribution in [0.2, 0.25) is 0 Å². The van der Waals surface area contributed by atoms with Gasteiger partial charge in [0.15, 0.2) is 5.82 Å². The lowest BCUT2D eigenvalue weighted by molar-refractivity contribution is -0.126. The van der Waals surface area contributed by atoms with Crippen molar-refractivity contribution in [1.82, 2.24) is 30.0 Å². The topological polar surface area (TPSA) is 85.2 Å². The first-order valence-corrected chi connectivity index (χ1v) is 9.07. The smallest absolute Gasteiger partial charge is 0.242 e. The lowest BCUT2D eigenvalue weighted by atomic mass is 10.1. The average Bonchev–Trinajstić information content (AvgIpc) is 3.34. The number of amides is 1. The Morgan fingerprint density at radius 2 is 2.23 bits per heavy atom. The third-order valence-corrected chi connectivity index (χ3v) is 4.62. The van der Waals surface area contributed by atoms with Crippen LogP contribution >= 0.6 is 0 Å². The molecular formula is C18H26N6O2. The number of hydrogen-bond acceptors (Lipinski definition) is 6. The molecule has 0 bridgehead atoms. The van der Waals surface area contributed by atoms with Gasteiger partial charge in [0.1, 0.15) is 12.4 Å². The number of carbonyl (C=O) groups is 1. The number of nitrogens with zero attached hydrogens (tertiary/aromatic N) is 5. The highest BCUT2D eigenvalue weighted by Gasteiger charge is 2.29. The van der Waals surface area contributed by atoms with Gasteiger partial charge < -0.3 is 14.6 Å². The summed E-state index contributed by atoms with van der Waals surface area (Å²) in [5.74, 6) is 0.729. The minimum absolute atomic E-state index is 0.0219. The Kier molecular flexibility index (Phi) is 6.68. The van der Waals surface area contributed by atoms with Gasteiger partial charge in [0.05, 0.1) is 6.54 Å². The van der Waals surface area contributed by atoms with E-state index in [2.05, 4.69) is 25.4 Å². The van der Waals surface area contributed by atoms with Crippen molar-refractivity contribution in [3.05, 3.63) is 42.2 Å². The summed E-state index contributed by atoms with van der Waals surface area (Å²) in [7, 11) is 1.68. The summed E-state index contributed by atoms with van der Waals surface area (Å²) >= 11 is 0. The fourth-order valence-corrected chi connectivity index (χ4v) is 3.31. The normalized spacial score (nSPS) is 15.9. The lowest BCUT2D eigenvalue weighted by Gasteiger charge is -2.26. The molecule has 1 N–H and O–H groups in total. The number of methoxy groups -OCH3 is 1. The SMILES string of the molecule is COCCCn1cnnc1CNC(=O)C(c1cccnc1)N1CCCC1. The average molecular weight is 358 g/mol. The summed E-state index contributed by atoms with van der Waals surface area (Å²) in [6.07, 6.45) is 8.31. The minimum atomic E-state index is -0.309. The molecule has 1 aliphatic rings. The maximum absolute atomic E-state index is 12.9. The van der Waals surface area contributed by atoms with Gasteiger partial charge in [-0.05, 0) is 44.0 Å². The van der Waals surface area contributed by atoms with E-state index in [-0.39, 0.29) is 11.9 Å². The van der Waals surface area contributed by atoms with Gasteiger partial charge in [-0.2, -0.15) is 0 Å². The van der Waals surface area contributed by atoms with Gasteiger partial charge >= 0.3 is 0 Å². The molecule has 140 valence electrons. The summed E-state index contributed by atoms with van der Waals surface area (Å²) in [5.41, 5.74) is 0.925. The van der Waals surface area contributed by atoms with E-state index in [9.17, 15) is 4.79 Å². The fourth-order valence-electron chi connectivity index (χ4n) is 3.31. The van der Waals surface area contributed by atoms with E-state index in [1.165, 1.54) is 0 Å². The number of ether oxygens (including phenoxy) is 1. The fraction of sp³-hybridized carbons (Fsp3) is 0.556. The molecule has 0 radical (unpaired) electrons. The van der Waals surface area contributed by atoms with E-state index >= 15 is 0 Å². The van der Waals surface area contributed by atoms with Gasteiger partial charge in [-0.25, -0.2) is 0 Å². The highest BCUT2D eigenvalue weighted by molar-refractivity contribution is 5.83. The second kappa shape index (κ2) is 9.40. The van der Waals surface area contributed by atoms with Crippen molar-refractivity contribution < 1.29 is 9.53 Å². The Morgan fingerprint density at radius 3 is 2.96 bits per heavy atom. The summed E-state index contributed by atoms with van der Waals surface area (Å²) in [6, 6.07) is 3.53. The van der Waals surface area contributed by atoms with Crippen molar-refractivity contribution in [2.45, 2.75) is 38.4 Å². The van der Waals surface area contributed by atoms with E-state index in [0.29, 0.717) is 13.2 Å². The second-order valence-corrected chi connectivity index (χ2v) is 6.44. The molecule has 1 fully saturated rings. The van der Waals surface area contributed by atoms with Gasteiger partial charge in [0, 0.05) is 32.7 Å². The van der Waals surface area contributed by atoms with Crippen LogP contribution in [0.4, 0.5) is 0 Å². The second-order valence-electron chi connectivity index (χ2n) is 6.44. The van der Waals surface area contributed by atoms with Crippen LogP contribution in [-0.2, 0) is 22.6 Å². The number of hydrogen-bond donors (Lipinski definition) is 1. The maximum Gasteiger partial charge on any atom is 0.242 e. The zero-order valence-electron chi connectivity index (χ0n) is 15.2.